The molecule has 0 aliphatic rings. The minimum Gasteiger partial charge on any atom is -0.333 e. The predicted octanol–water partition coefficient (Wildman–Crippen LogP) is 1.60. The molecule has 0 fully saturated rings. The third kappa shape index (κ3) is 2.43. The predicted molar refractivity (Wildman–Crippen MR) is 60.6 cm³/mol. The van der Waals surface area contributed by atoms with Crippen molar-refractivity contribution in [3.05, 3.63) is 34.8 Å². The third-order valence-corrected chi connectivity index (χ3v) is 2.94. The van der Waals surface area contributed by atoms with Gasteiger partial charge in [0, 0.05) is 30.6 Å². The lowest BCUT2D eigenvalue weighted by Gasteiger charge is -2.09. The van der Waals surface area contributed by atoms with Gasteiger partial charge in [-0.05, 0) is 6.92 Å². The van der Waals surface area contributed by atoms with E-state index in [2.05, 4.69) is 19.9 Å². The highest BCUT2D eigenvalue weighted by Crippen LogP contribution is 2.10. The number of hydrogen-bond donors (Lipinski definition) is 1. The van der Waals surface area contributed by atoms with Crippen molar-refractivity contribution in [1.82, 2.24) is 14.5 Å². The van der Waals surface area contributed by atoms with Gasteiger partial charge < -0.3 is 10.3 Å². The summed E-state index contributed by atoms with van der Waals surface area (Å²) >= 11 is 1.63. The SMILES string of the molecule is C[C@H](N)c1cncn1CCc1cscn1. The van der Waals surface area contributed by atoms with E-state index in [4.69, 9.17) is 5.73 Å². The first-order valence-corrected chi connectivity index (χ1v) is 5.84. The fourth-order valence-corrected chi connectivity index (χ4v) is 2.09. The van der Waals surface area contributed by atoms with E-state index < -0.39 is 0 Å². The second kappa shape index (κ2) is 4.55. The first-order valence-electron chi connectivity index (χ1n) is 4.90. The van der Waals surface area contributed by atoms with Gasteiger partial charge in [-0.2, -0.15) is 0 Å². The van der Waals surface area contributed by atoms with Crippen molar-refractivity contribution in [2.45, 2.75) is 25.9 Å². The maximum Gasteiger partial charge on any atom is 0.0948 e. The number of aryl methyl sites for hydroxylation is 2. The van der Waals surface area contributed by atoms with Crippen LogP contribution in [-0.4, -0.2) is 14.5 Å². The normalized spacial score (nSPS) is 12.9. The zero-order chi connectivity index (χ0) is 10.7. The lowest BCUT2D eigenvalue weighted by Crippen LogP contribution is -2.12. The Bertz CT molecular complexity index is 405. The number of nitrogens with two attached hydrogens (primary N) is 1. The van der Waals surface area contributed by atoms with Gasteiger partial charge >= 0.3 is 0 Å². The largest absolute Gasteiger partial charge is 0.333 e. The Labute approximate surface area is 92.8 Å². The average molecular weight is 222 g/mol. The first-order chi connectivity index (χ1) is 7.27. The standard InChI is InChI=1S/C10H14N4S/c1-8(11)10-4-12-6-14(10)3-2-9-5-15-7-13-9/h4-8H,2-3,11H2,1H3/t8-/m0/s1. The van der Waals surface area contributed by atoms with Crippen LogP contribution in [0.25, 0.3) is 0 Å². The van der Waals surface area contributed by atoms with E-state index in [0.717, 1.165) is 24.4 Å². The number of aromatic nitrogens is 3. The molecule has 0 radical (unpaired) electrons. The van der Waals surface area contributed by atoms with Crippen molar-refractivity contribution in [1.29, 1.82) is 0 Å². The third-order valence-electron chi connectivity index (χ3n) is 2.30. The van der Waals surface area contributed by atoms with E-state index in [0.29, 0.717) is 0 Å². The van der Waals surface area contributed by atoms with E-state index in [1.807, 2.05) is 25.0 Å². The Morgan fingerprint density at radius 1 is 1.60 bits per heavy atom. The minimum absolute atomic E-state index is 0.0305. The van der Waals surface area contributed by atoms with Crippen molar-refractivity contribution in [2.24, 2.45) is 5.73 Å². The van der Waals surface area contributed by atoms with Crippen LogP contribution in [0.5, 0.6) is 0 Å². The van der Waals surface area contributed by atoms with Crippen molar-refractivity contribution in [3.63, 3.8) is 0 Å². The highest BCUT2D eigenvalue weighted by molar-refractivity contribution is 7.07. The van der Waals surface area contributed by atoms with E-state index in [1.165, 1.54) is 0 Å². The molecule has 80 valence electrons. The van der Waals surface area contributed by atoms with E-state index in [9.17, 15) is 0 Å². The summed E-state index contributed by atoms with van der Waals surface area (Å²) in [6, 6.07) is 0.0305. The number of rotatable bonds is 4. The molecule has 0 aliphatic heterocycles. The summed E-state index contributed by atoms with van der Waals surface area (Å²) in [7, 11) is 0. The quantitative estimate of drug-likeness (QED) is 0.855. The Kier molecular flexibility index (Phi) is 3.13. The van der Waals surface area contributed by atoms with Gasteiger partial charge in [-0.25, -0.2) is 9.97 Å². The first kappa shape index (κ1) is 10.3. The maximum atomic E-state index is 5.83. The topological polar surface area (TPSA) is 56.7 Å². The summed E-state index contributed by atoms with van der Waals surface area (Å²) in [5.41, 5.74) is 9.89. The molecule has 4 nitrogen and oxygen atoms in total. The van der Waals surface area contributed by atoms with Crippen LogP contribution >= 0.6 is 11.3 Å². The van der Waals surface area contributed by atoms with Crippen LogP contribution in [0.2, 0.25) is 0 Å². The number of hydrogen-bond acceptors (Lipinski definition) is 4. The summed E-state index contributed by atoms with van der Waals surface area (Å²) < 4.78 is 2.09. The lowest BCUT2D eigenvalue weighted by atomic mass is 10.2. The highest BCUT2D eigenvalue weighted by atomic mass is 32.1. The van der Waals surface area contributed by atoms with Gasteiger partial charge in [-0.1, -0.05) is 0 Å². The van der Waals surface area contributed by atoms with E-state index in [-0.39, 0.29) is 6.04 Å². The number of thiazole rings is 1. The molecule has 0 spiro atoms. The summed E-state index contributed by atoms with van der Waals surface area (Å²) in [6.07, 6.45) is 4.58. The molecule has 0 aromatic carbocycles. The number of imidazole rings is 1. The van der Waals surface area contributed by atoms with Crippen LogP contribution in [-0.2, 0) is 13.0 Å². The van der Waals surface area contributed by atoms with Crippen LogP contribution in [0, 0.1) is 0 Å². The second-order valence-electron chi connectivity index (χ2n) is 3.53. The molecule has 5 heteroatoms. The number of nitrogens with zero attached hydrogens (tertiary/aromatic N) is 3. The van der Waals surface area contributed by atoms with Crippen LogP contribution < -0.4 is 5.73 Å². The minimum atomic E-state index is 0.0305. The van der Waals surface area contributed by atoms with Crippen LogP contribution in [0.3, 0.4) is 0 Å². The summed E-state index contributed by atoms with van der Waals surface area (Å²) in [5, 5.41) is 2.07. The van der Waals surface area contributed by atoms with Gasteiger partial charge in [-0.15, -0.1) is 11.3 Å². The summed E-state index contributed by atoms with van der Waals surface area (Å²) in [4.78, 5) is 8.35. The van der Waals surface area contributed by atoms with Crippen molar-refractivity contribution in [3.8, 4) is 0 Å². The zero-order valence-corrected chi connectivity index (χ0v) is 9.44. The van der Waals surface area contributed by atoms with Crippen molar-refractivity contribution >= 4 is 11.3 Å². The fourth-order valence-electron chi connectivity index (χ4n) is 1.49. The monoisotopic (exact) mass is 222 g/mol. The van der Waals surface area contributed by atoms with Crippen LogP contribution in [0.1, 0.15) is 24.4 Å². The zero-order valence-electron chi connectivity index (χ0n) is 8.63. The molecule has 0 saturated carbocycles. The average Bonchev–Trinajstić information content (AvgIpc) is 2.86. The van der Waals surface area contributed by atoms with Gasteiger partial charge in [0.05, 0.1) is 23.2 Å². The molecule has 0 saturated heterocycles. The maximum absolute atomic E-state index is 5.83. The highest BCUT2D eigenvalue weighted by Gasteiger charge is 2.06. The van der Waals surface area contributed by atoms with Gasteiger partial charge in [0.15, 0.2) is 0 Å². The molecule has 0 bridgehead atoms. The van der Waals surface area contributed by atoms with Crippen molar-refractivity contribution < 1.29 is 0 Å². The Hall–Kier alpha value is -1.20. The molecule has 0 unspecified atom stereocenters. The van der Waals surface area contributed by atoms with E-state index >= 15 is 0 Å². The molecule has 1 atom stereocenters. The van der Waals surface area contributed by atoms with Crippen molar-refractivity contribution in [2.75, 3.05) is 0 Å². The van der Waals surface area contributed by atoms with Crippen LogP contribution in [0.4, 0.5) is 0 Å². The lowest BCUT2D eigenvalue weighted by molar-refractivity contribution is 0.619. The molecule has 0 amide bonds. The Morgan fingerprint density at radius 3 is 3.13 bits per heavy atom. The van der Waals surface area contributed by atoms with Gasteiger partial charge in [0.25, 0.3) is 0 Å². The Morgan fingerprint density at radius 2 is 2.47 bits per heavy atom. The van der Waals surface area contributed by atoms with Crippen LogP contribution in [0.15, 0.2) is 23.4 Å². The summed E-state index contributed by atoms with van der Waals surface area (Å²) in [6.45, 7) is 2.86. The van der Waals surface area contributed by atoms with Gasteiger partial charge in [0.1, 0.15) is 0 Å². The molecular formula is C10H14N4S. The molecule has 15 heavy (non-hydrogen) atoms. The molecule has 2 rings (SSSR count). The molecule has 0 aliphatic carbocycles. The molecule has 2 aromatic heterocycles. The smallest absolute Gasteiger partial charge is 0.0948 e. The van der Waals surface area contributed by atoms with Gasteiger partial charge in [0.2, 0.25) is 0 Å². The van der Waals surface area contributed by atoms with Gasteiger partial charge in [-0.3, -0.25) is 0 Å². The Balaban J connectivity index is 2.02. The van der Waals surface area contributed by atoms with E-state index in [1.54, 1.807) is 11.3 Å². The second-order valence-corrected chi connectivity index (χ2v) is 4.25. The summed E-state index contributed by atoms with van der Waals surface area (Å²) in [5.74, 6) is 0. The molecule has 2 N–H and O–H groups in total. The fraction of sp³-hybridized carbons (Fsp3) is 0.400. The molecule has 2 heterocycles. The molecular weight excluding hydrogens is 208 g/mol. The molecule has 2 aromatic rings.